The summed E-state index contributed by atoms with van der Waals surface area (Å²) in [5, 5.41) is 68.7. The number of hydrogen-bond acceptors (Lipinski definition) is 9. The molecule has 138 valence electrons. The lowest BCUT2D eigenvalue weighted by Gasteiger charge is -2.25. The SMILES string of the molecule is O=C(O)C=COCC(CO)(CO)CO.OCC(CO)(CO)CO. The van der Waals surface area contributed by atoms with Crippen LogP contribution >= 0.6 is 0 Å². The molecule has 0 saturated carbocycles. The Balaban J connectivity index is 0. The first-order valence-corrected chi connectivity index (χ1v) is 6.62. The molecule has 0 aliphatic carbocycles. The van der Waals surface area contributed by atoms with Crippen LogP contribution in [-0.2, 0) is 9.53 Å². The van der Waals surface area contributed by atoms with Crippen LogP contribution in [0.5, 0.6) is 0 Å². The molecule has 0 fully saturated rings. The fraction of sp³-hybridized carbons (Fsp3) is 0.769. The van der Waals surface area contributed by atoms with E-state index in [0.29, 0.717) is 0 Å². The Bertz CT molecular complexity index is 297. The molecule has 8 N–H and O–H groups in total. The molecule has 10 nitrogen and oxygen atoms in total. The molecule has 0 heterocycles. The van der Waals surface area contributed by atoms with E-state index in [2.05, 4.69) is 0 Å². The molecule has 0 aliphatic heterocycles. The zero-order valence-electron chi connectivity index (χ0n) is 12.7. The highest BCUT2D eigenvalue weighted by Crippen LogP contribution is 2.15. The van der Waals surface area contributed by atoms with E-state index in [4.69, 9.17) is 45.6 Å². The van der Waals surface area contributed by atoms with E-state index >= 15 is 0 Å². The fourth-order valence-electron chi connectivity index (χ4n) is 0.918. The van der Waals surface area contributed by atoms with E-state index in [1.807, 2.05) is 0 Å². The highest BCUT2D eigenvalue weighted by Gasteiger charge is 2.28. The van der Waals surface area contributed by atoms with Gasteiger partial charge in [0.2, 0.25) is 0 Å². The van der Waals surface area contributed by atoms with Gasteiger partial charge < -0.3 is 45.6 Å². The van der Waals surface area contributed by atoms with Crippen LogP contribution in [0.1, 0.15) is 0 Å². The van der Waals surface area contributed by atoms with Gasteiger partial charge in [-0.2, -0.15) is 0 Å². The second-order valence-electron chi connectivity index (χ2n) is 5.06. The average molecular weight is 342 g/mol. The molecule has 10 heteroatoms. The van der Waals surface area contributed by atoms with Crippen LogP contribution in [0, 0.1) is 10.8 Å². The number of aliphatic hydroxyl groups is 7. The van der Waals surface area contributed by atoms with E-state index in [1.54, 1.807) is 0 Å². The van der Waals surface area contributed by atoms with Crippen molar-refractivity contribution in [2.45, 2.75) is 0 Å². The minimum atomic E-state index is -1.16. The van der Waals surface area contributed by atoms with Crippen molar-refractivity contribution in [2.24, 2.45) is 10.8 Å². The molecular formula is C13H26O10. The van der Waals surface area contributed by atoms with Crippen molar-refractivity contribution in [1.29, 1.82) is 0 Å². The Hall–Kier alpha value is -1.27. The normalized spacial score (nSPS) is 12.0. The first-order valence-electron chi connectivity index (χ1n) is 6.62. The monoisotopic (exact) mass is 342 g/mol. The van der Waals surface area contributed by atoms with Gasteiger partial charge in [-0.15, -0.1) is 0 Å². The van der Waals surface area contributed by atoms with E-state index < -0.39 is 63.0 Å². The van der Waals surface area contributed by atoms with Gasteiger partial charge in [0.15, 0.2) is 0 Å². The maximum Gasteiger partial charge on any atom is 0.331 e. The van der Waals surface area contributed by atoms with Gasteiger partial charge in [-0.25, -0.2) is 4.79 Å². The largest absolute Gasteiger partial charge is 0.500 e. The minimum Gasteiger partial charge on any atom is -0.500 e. The third kappa shape index (κ3) is 9.46. The van der Waals surface area contributed by atoms with E-state index in [9.17, 15) is 4.79 Å². The van der Waals surface area contributed by atoms with Crippen LogP contribution < -0.4 is 0 Å². The summed E-state index contributed by atoms with van der Waals surface area (Å²) in [5.41, 5.74) is -2.25. The zero-order chi connectivity index (χ0) is 18.4. The average Bonchev–Trinajstić information content (AvgIpc) is 2.59. The molecule has 0 amide bonds. The summed E-state index contributed by atoms with van der Waals surface area (Å²) >= 11 is 0. The highest BCUT2D eigenvalue weighted by molar-refractivity contribution is 5.79. The second kappa shape index (κ2) is 13.2. The standard InChI is InChI=1S/C8H14O6.C5H12O4/c9-3-8(4-10,5-11)6-14-2-1-7(12)13;6-1-5(2-7,3-8)4-9/h1-2,9-11H,3-6H2,(H,12,13);6-9H,1-4H2. The summed E-state index contributed by atoms with van der Waals surface area (Å²) in [6.45, 7) is -3.11. The maximum atomic E-state index is 10.0. The predicted octanol–water partition coefficient (Wildman–Crippen LogP) is -3.49. The van der Waals surface area contributed by atoms with E-state index in [-0.39, 0.29) is 6.61 Å². The summed E-state index contributed by atoms with van der Waals surface area (Å²) in [7, 11) is 0. The maximum absolute atomic E-state index is 10.0. The van der Waals surface area contributed by atoms with Crippen LogP contribution in [0.4, 0.5) is 0 Å². The van der Waals surface area contributed by atoms with E-state index in [1.165, 1.54) is 0 Å². The lowest BCUT2D eigenvalue weighted by molar-refractivity contribution is -0.131. The van der Waals surface area contributed by atoms with Gasteiger partial charge in [-0.3, -0.25) is 0 Å². The van der Waals surface area contributed by atoms with Crippen molar-refractivity contribution in [3.05, 3.63) is 12.3 Å². The number of rotatable bonds is 11. The second-order valence-corrected chi connectivity index (χ2v) is 5.06. The molecular weight excluding hydrogens is 316 g/mol. The Morgan fingerprint density at radius 2 is 1.09 bits per heavy atom. The minimum absolute atomic E-state index is 0.153. The molecule has 0 aromatic heterocycles. The number of carbonyl (C=O) groups is 1. The van der Waals surface area contributed by atoms with Crippen LogP contribution in [0.2, 0.25) is 0 Å². The molecule has 0 aromatic rings. The molecule has 23 heavy (non-hydrogen) atoms. The summed E-state index contributed by atoms with van der Waals surface area (Å²) in [5.74, 6) is -1.16. The lowest BCUT2D eigenvalue weighted by atomic mass is 9.93. The van der Waals surface area contributed by atoms with Crippen LogP contribution in [0.3, 0.4) is 0 Å². The number of aliphatic hydroxyl groups excluding tert-OH is 7. The Morgan fingerprint density at radius 1 is 0.739 bits per heavy atom. The van der Waals surface area contributed by atoms with Gasteiger partial charge >= 0.3 is 5.97 Å². The van der Waals surface area contributed by atoms with Gasteiger partial charge in [0.05, 0.1) is 76.0 Å². The molecule has 0 saturated heterocycles. The van der Waals surface area contributed by atoms with Crippen LogP contribution in [-0.4, -0.2) is 99.7 Å². The van der Waals surface area contributed by atoms with E-state index in [0.717, 1.165) is 12.3 Å². The first kappa shape index (κ1) is 24.0. The summed E-state index contributed by atoms with van der Waals surface area (Å²) in [6.07, 6.45) is 1.70. The molecule has 0 bridgehead atoms. The third-order valence-corrected chi connectivity index (χ3v) is 3.04. The Morgan fingerprint density at radius 3 is 1.30 bits per heavy atom. The van der Waals surface area contributed by atoms with Crippen LogP contribution in [0.25, 0.3) is 0 Å². The predicted molar refractivity (Wildman–Crippen MR) is 77.2 cm³/mol. The fourth-order valence-corrected chi connectivity index (χ4v) is 0.918. The number of ether oxygens (including phenoxy) is 1. The molecule has 0 aliphatic rings. The molecule has 0 radical (unpaired) electrons. The van der Waals surface area contributed by atoms with Gasteiger partial charge in [-0.05, 0) is 0 Å². The van der Waals surface area contributed by atoms with Gasteiger partial charge in [0.25, 0.3) is 0 Å². The number of aliphatic carboxylic acids is 1. The molecule has 0 aromatic carbocycles. The smallest absolute Gasteiger partial charge is 0.331 e. The van der Waals surface area contributed by atoms with Gasteiger partial charge in [0.1, 0.15) is 0 Å². The molecule has 0 rings (SSSR count). The number of carboxylic acids is 1. The van der Waals surface area contributed by atoms with Gasteiger partial charge in [0, 0.05) is 0 Å². The van der Waals surface area contributed by atoms with Crippen LogP contribution in [0.15, 0.2) is 12.3 Å². The molecule has 0 unspecified atom stereocenters. The molecule has 0 atom stereocenters. The summed E-state index contributed by atoms with van der Waals surface area (Å²) in [6, 6.07) is 0. The summed E-state index contributed by atoms with van der Waals surface area (Å²) in [4.78, 5) is 10.0. The van der Waals surface area contributed by atoms with Crippen molar-refractivity contribution in [3.63, 3.8) is 0 Å². The Labute approximate surface area is 133 Å². The van der Waals surface area contributed by atoms with Crippen molar-refractivity contribution >= 4 is 5.97 Å². The zero-order valence-corrected chi connectivity index (χ0v) is 12.7. The quantitative estimate of drug-likeness (QED) is 0.138. The first-order chi connectivity index (χ1) is 10.8. The summed E-state index contributed by atoms with van der Waals surface area (Å²) < 4.78 is 4.74. The van der Waals surface area contributed by atoms with Crippen molar-refractivity contribution in [2.75, 3.05) is 52.9 Å². The number of carboxylic acid groups (broad SMARTS) is 1. The topological polar surface area (TPSA) is 188 Å². The molecule has 0 spiro atoms. The number of hydrogen-bond donors (Lipinski definition) is 8. The lowest BCUT2D eigenvalue weighted by Crippen LogP contribution is -2.38. The third-order valence-electron chi connectivity index (χ3n) is 3.04. The highest BCUT2D eigenvalue weighted by atomic mass is 16.5. The van der Waals surface area contributed by atoms with Gasteiger partial charge in [-0.1, -0.05) is 0 Å². The van der Waals surface area contributed by atoms with Crippen molar-refractivity contribution in [1.82, 2.24) is 0 Å². The van der Waals surface area contributed by atoms with Crippen molar-refractivity contribution in [3.8, 4) is 0 Å². The Kier molecular flexibility index (Phi) is 13.8. The van der Waals surface area contributed by atoms with Crippen molar-refractivity contribution < 1.29 is 50.4 Å².